The Labute approximate surface area is 266 Å². The van der Waals surface area contributed by atoms with Crippen LogP contribution in [-0.2, 0) is 0 Å². The molecule has 1 heterocycles. The summed E-state index contributed by atoms with van der Waals surface area (Å²) < 4.78 is 14.3. The molecule has 5 aromatic rings. The van der Waals surface area contributed by atoms with Gasteiger partial charge >= 0.3 is 0 Å². The van der Waals surface area contributed by atoms with Gasteiger partial charge in [0.1, 0.15) is 22.5 Å². The highest BCUT2D eigenvalue weighted by Gasteiger charge is 2.16. The van der Waals surface area contributed by atoms with E-state index in [0.717, 1.165) is 90.1 Å². The first-order valence-corrected chi connectivity index (χ1v) is 17.4. The van der Waals surface area contributed by atoms with Gasteiger partial charge in [-0.3, -0.25) is 0 Å². The molecule has 0 unspecified atom stereocenters. The standard InChI is InChI=1S/C36H42Br2N2O2/c1-3-5-7-9-11-13-21-41-25-15-17-27-28-18-16-26(42-22-14-12-10-8-6-4-2)24-30(28)34-33(29(27)23-25)39-35-31(37)19-20-32(38)36(35)40-34/h15-20,23-24H,3-14,21-22H2,1-2H3. The van der Waals surface area contributed by atoms with E-state index in [1.165, 1.54) is 64.2 Å². The third kappa shape index (κ3) is 7.37. The molecule has 0 spiro atoms. The predicted octanol–water partition coefficient (Wildman–Crippen LogP) is 12.1. The smallest absolute Gasteiger partial charge is 0.120 e. The van der Waals surface area contributed by atoms with Gasteiger partial charge < -0.3 is 9.47 Å². The van der Waals surface area contributed by atoms with E-state index in [0.29, 0.717) is 0 Å². The van der Waals surface area contributed by atoms with Crippen molar-refractivity contribution >= 4 is 75.5 Å². The lowest BCUT2D eigenvalue weighted by Gasteiger charge is -2.14. The van der Waals surface area contributed by atoms with Crippen molar-refractivity contribution < 1.29 is 9.47 Å². The molecule has 4 nitrogen and oxygen atoms in total. The summed E-state index contributed by atoms with van der Waals surface area (Å²) in [4.78, 5) is 10.4. The van der Waals surface area contributed by atoms with Gasteiger partial charge in [0.2, 0.25) is 0 Å². The van der Waals surface area contributed by atoms with Gasteiger partial charge in [0.15, 0.2) is 0 Å². The number of halogens is 2. The number of benzene rings is 4. The topological polar surface area (TPSA) is 44.2 Å². The minimum Gasteiger partial charge on any atom is -0.494 e. The van der Waals surface area contributed by atoms with Gasteiger partial charge in [-0.15, -0.1) is 0 Å². The first-order chi connectivity index (χ1) is 20.6. The van der Waals surface area contributed by atoms with Crippen molar-refractivity contribution in [2.45, 2.75) is 90.9 Å². The normalized spacial score (nSPS) is 11.7. The van der Waals surface area contributed by atoms with E-state index in [4.69, 9.17) is 19.4 Å². The van der Waals surface area contributed by atoms with Gasteiger partial charge in [-0.25, -0.2) is 9.97 Å². The molecule has 222 valence electrons. The fraction of sp³-hybridized carbons (Fsp3) is 0.444. The van der Waals surface area contributed by atoms with E-state index in [1.807, 2.05) is 12.1 Å². The zero-order valence-electron chi connectivity index (χ0n) is 25.0. The van der Waals surface area contributed by atoms with Crippen LogP contribution in [0.5, 0.6) is 11.5 Å². The second-order valence-corrected chi connectivity index (χ2v) is 13.0. The van der Waals surface area contributed by atoms with Crippen LogP contribution in [0.3, 0.4) is 0 Å². The lowest BCUT2D eigenvalue weighted by molar-refractivity contribution is 0.304. The number of rotatable bonds is 16. The van der Waals surface area contributed by atoms with Crippen molar-refractivity contribution in [2.24, 2.45) is 0 Å². The molecule has 0 aliphatic rings. The molecule has 0 saturated heterocycles. The minimum absolute atomic E-state index is 0.732. The van der Waals surface area contributed by atoms with Crippen molar-refractivity contribution in [1.29, 1.82) is 0 Å². The lowest BCUT2D eigenvalue weighted by Crippen LogP contribution is -1.99. The Kier molecular flexibility index (Phi) is 11.3. The van der Waals surface area contributed by atoms with Crippen LogP contribution in [0.2, 0.25) is 0 Å². The first kappa shape index (κ1) is 31.0. The molecule has 42 heavy (non-hydrogen) atoms. The monoisotopic (exact) mass is 692 g/mol. The highest BCUT2D eigenvalue weighted by atomic mass is 79.9. The Bertz CT molecular complexity index is 1530. The Morgan fingerprint density at radius 3 is 1.31 bits per heavy atom. The first-order valence-electron chi connectivity index (χ1n) is 15.8. The van der Waals surface area contributed by atoms with E-state index in [-0.39, 0.29) is 0 Å². The molecule has 0 fully saturated rings. The summed E-state index contributed by atoms with van der Waals surface area (Å²) in [5.41, 5.74) is 3.43. The molecule has 0 N–H and O–H groups in total. The number of hydrogen-bond acceptors (Lipinski definition) is 4. The summed E-state index contributed by atoms with van der Waals surface area (Å²) in [7, 11) is 0. The van der Waals surface area contributed by atoms with Gasteiger partial charge in [0.25, 0.3) is 0 Å². The van der Waals surface area contributed by atoms with Gasteiger partial charge in [-0.1, -0.05) is 78.1 Å². The van der Waals surface area contributed by atoms with Crippen molar-refractivity contribution in [3.63, 3.8) is 0 Å². The number of hydrogen-bond donors (Lipinski definition) is 0. The summed E-state index contributed by atoms with van der Waals surface area (Å²) in [6.45, 7) is 5.97. The Hall–Kier alpha value is -2.44. The summed E-state index contributed by atoms with van der Waals surface area (Å²) in [6.07, 6.45) is 15.0. The van der Waals surface area contributed by atoms with Crippen LogP contribution < -0.4 is 9.47 Å². The number of ether oxygens (including phenoxy) is 2. The molecule has 0 amide bonds. The summed E-state index contributed by atoms with van der Waals surface area (Å²) >= 11 is 7.42. The second-order valence-electron chi connectivity index (χ2n) is 11.3. The van der Waals surface area contributed by atoms with Crippen molar-refractivity contribution in [2.75, 3.05) is 13.2 Å². The van der Waals surface area contributed by atoms with E-state index in [2.05, 4.69) is 82.1 Å². The number of unbranched alkanes of at least 4 members (excludes halogenated alkanes) is 10. The molecular weight excluding hydrogens is 652 g/mol. The van der Waals surface area contributed by atoms with Gasteiger partial charge in [0, 0.05) is 19.7 Å². The second kappa shape index (κ2) is 15.3. The largest absolute Gasteiger partial charge is 0.494 e. The molecule has 5 rings (SSSR count). The van der Waals surface area contributed by atoms with Crippen LogP contribution in [0.25, 0.3) is 43.6 Å². The van der Waals surface area contributed by atoms with Crippen molar-refractivity contribution in [1.82, 2.24) is 9.97 Å². The van der Waals surface area contributed by atoms with E-state index in [9.17, 15) is 0 Å². The van der Waals surface area contributed by atoms with E-state index < -0.39 is 0 Å². The third-order valence-corrected chi connectivity index (χ3v) is 9.32. The molecule has 0 atom stereocenters. The number of nitrogens with zero attached hydrogens (tertiary/aromatic N) is 2. The van der Waals surface area contributed by atoms with Gasteiger partial charge in [-0.2, -0.15) is 0 Å². The quantitative estimate of drug-likeness (QED) is 0.0586. The Morgan fingerprint density at radius 2 is 0.881 bits per heavy atom. The molecule has 0 aliphatic carbocycles. The molecule has 0 bridgehead atoms. The summed E-state index contributed by atoms with van der Waals surface area (Å²) in [6, 6.07) is 16.8. The summed E-state index contributed by atoms with van der Waals surface area (Å²) in [5, 5.41) is 4.40. The predicted molar refractivity (Wildman–Crippen MR) is 185 cm³/mol. The van der Waals surface area contributed by atoms with Crippen LogP contribution in [0.1, 0.15) is 90.9 Å². The maximum absolute atomic E-state index is 6.23. The highest BCUT2D eigenvalue weighted by Crippen LogP contribution is 2.39. The van der Waals surface area contributed by atoms with Gasteiger partial charge in [0.05, 0.1) is 24.2 Å². The SMILES string of the molecule is CCCCCCCCOc1ccc2c3ccc(OCCCCCCCC)cc3c3nc4c(Br)ccc(Br)c4nc3c2c1. The third-order valence-electron chi connectivity index (χ3n) is 8.04. The zero-order chi connectivity index (χ0) is 29.3. The van der Waals surface area contributed by atoms with E-state index >= 15 is 0 Å². The fourth-order valence-corrected chi connectivity index (χ4v) is 6.50. The average Bonchev–Trinajstić information content (AvgIpc) is 3.01. The zero-order valence-corrected chi connectivity index (χ0v) is 28.2. The lowest BCUT2D eigenvalue weighted by atomic mass is 9.98. The Morgan fingerprint density at radius 1 is 0.476 bits per heavy atom. The van der Waals surface area contributed by atoms with Crippen LogP contribution >= 0.6 is 31.9 Å². The average molecular weight is 695 g/mol. The van der Waals surface area contributed by atoms with Crippen LogP contribution in [-0.4, -0.2) is 23.2 Å². The minimum atomic E-state index is 0.732. The van der Waals surface area contributed by atoms with Crippen LogP contribution in [0.15, 0.2) is 57.5 Å². The van der Waals surface area contributed by atoms with E-state index in [1.54, 1.807) is 0 Å². The molecule has 1 aromatic heterocycles. The highest BCUT2D eigenvalue weighted by molar-refractivity contribution is 9.11. The van der Waals surface area contributed by atoms with Crippen LogP contribution in [0.4, 0.5) is 0 Å². The van der Waals surface area contributed by atoms with Crippen molar-refractivity contribution in [3.8, 4) is 11.5 Å². The molecule has 0 radical (unpaired) electrons. The fourth-order valence-electron chi connectivity index (χ4n) is 5.68. The molecular formula is C36H42Br2N2O2. The maximum Gasteiger partial charge on any atom is 0.120 e. The summed E-state index contributed by atoms with van der Waals surface area (Å²) in [5.74, 6) is 1.76. The number of aromatic nitrogens is 2. The molecule has 6 heteroatoms. The Balaban J connectivity index is 1.49. The molecule has 4 aromatic carbocycles. The number of fused-ring (bicyclic) bond motifs is 7. The molecule has 0 saturated carbocycles. The maximum atomic E-state index is 6.23. The van der Waals surface area contributed by atoms with Crippen molar-refractivity contribution in [3.05, 3.63) is 57.5 Å². The van der Waals surface area contributed by atoms with Gasteiger partial charge in [-0.05, 0) is 104 Å². The van der Waals surface area contributed by atoms with Crippen LogP contribution in [0, 0.1) is 0 Å². The molecule has 0 aliphatic heterocycles.